The molecule has 0 spiro atoms. The molecule has 1 aromatic carbocycles. The van der Waals surface area contributed by atoms with E-state index in [1.165, 1.54) is 4.31 Å². The second-order valence-electron chi connectivity index (χ2n) is 5.79. The zero-order chi connectivity index (χ0) is 15.0. The fourth-order valence-electron chi connectivity index (χ4n) is 2.03. The molecule has 0 N–H and O–H groups in total. The van der Waals surface area contributed by atoms with E-state index in [-0.39, 0.29) is 5.75 Å². The van der Waals surface area contributed by atoms with Crippen LogP contribution in [0.2, 0.25) is 0 Å². The lowest BCUT2D eigenvalue weighted by atomic mass is 10.1. The second-order valence-corrected chi connectivity index (χ2v) is 7.80. The van der Waals surface area contributed by atoms with Gasteiger partial charge in [0, 0.05) is 6.54 Å². The molecule has 0 atom stereocenters. The minimum atomic E-state index is -3.18. The van der Waals surface area contributed by atoms with E-state index in [2.05, 4.69) is 0 Å². The Balaban J connectivity index is 2.17. The molecule has 0 aromatic heterocycles. The molecule has 2 rings (SSSR count). The number of nitrogens with zero attached hydrogens (tertiary/aromatic N) is 1. The maximum atomic E-state index is 11.9. The van der Waals surface area contributed by atoms with Crippen molar-refractivity contribution in [2.75, 3.05) is 16.6 Å². The highest BCUT2D eigenvalue weighted by Crippen LogP contribution is 2.24. The number of anilines is 1. The number of carbonyl (C=O) groups is 1. The zero-order valence-electron chi connectivity index (χ0n) is 11.9. The topological polar surface area (TPSA) is 63.7 Å². The summed E-state index contributed by atoms with van der Waals surface area (Å²) >= 11 is 0. The Bertz CT molecular complexity index is 599. The molecule has 0 amide bonds. The smallest absolute Gasteiger partial charge is 0.338 e. The Labute approximate surface area is 119 Å². The van der Waals surface area contributed by atoms with Gasteiger partial charge in [-0.25, -0.2) is 13.2 Å². The number of rotatable bonds is 2. The minimum Gasteiger partial charge on any atom is -0.456 e. The molecule has 1 saturated heterocycles. The summed E-state index contributed by atoms with van der Waals surface area (Å²) in [5, 5.41) is 0. The number of sulfonamides is 1. The van der Waals surface area contributed by atoms with Gasteiger partial charge in [0.25, 0.3) is 0 Å². The molecule has 1 heterocycles. The summed E-state index contributed by atoms with van der Waals surface area (Å²) < 4.78 is 30.2. The molecule has 0 radical (unpaired) electrons. The summed E-state index contributed by atoms with van der Waals surface area (Å²) in [4.78, 5) is 11.9. The van der Waals surface area contributed by atoms with Crippen LogP contribution in [0.3, 0.4) is 0 Å². The van der Waals surface area contributed by atoms with Crippen LogP contribution in [-0.4, -0.2) is 32.3 Å². The quantitative estimate of drug-likeness (QED) is 0.785. The van der Waals surface area contributed by atoms with E-state index in [0.29, 0.717) is 24.2 Å². The molecule has 0 bridgehead atoms. The fourth-order valence-corrected chi connectivity index (χ4v) is 3.59. The van der Waals surface area contributed by atoms with Crippen molar-refractivity contribution in [3.8, 4) is 0 Å². The lowest BCUT2D eigenvalue weighted by Gasteiger charge is -2.20. The van der Waals surface area contributed by atoms with Crippen LogP contribution in [0.4, 0.5) is 5.69 Å². The van der Waals surface area contributed by atoms with Gasteiger partial charge in [0.05, 0.1) is 17.0 Å². The van der Waals surface area contributed by atoms with E-state index in [9.17, 15) is 13.2 Å². The first-order chi connectivity index (χ1) is 9.19. The lowest BCUT2D eigenvalue weighted by molar-refractivity contribution is 0.00695. The summed E-state index contributed by atoms with van der Waals surface area (Å²) in [7, 11) is -3.18. The molecule has 6 heteroatoms. The second kappa shape index (κ2) is 5.09. The van der Waals surface area contributed by atoms with Gasteiger partial charge in [-0.2, -0.15) is 0 Å². The molecule has 0 unspecified atom stereocenters. The molecular weight excluding hydrogens is 278 g/mol. The van der Waals surface area contributed by atoms with Crippen molar-refractivity contribution in [3.63, 3.8) is 0 Å². The zero-order valence-corrected chi connectivity index (χ0v) is 12.7. The van der Waals surface area contributed by atoms with Crippen LogP contribution in [-0.2, 0) is 14.8 Å². The van der Waals surface area contributed by atoms with E-state index in [1.54, 1.807) is 45.0 Å². The third kappa shape index (κ3) is 3.30. The maximum Gasteiger partial charge on any atom is 0.338 e. The third-order valence-corrected chi connectivity index (χ3v) is 4.76. The minimum absolute atomic E-state index is 0.181. The standard InChI is InChI=1S/C14H19NO4S/c1-14(2,3)19-13(16)11-5-7-12(8-6-11)15-9-4-10-20(15,17)18/h5-8H,4,9-10H2,1-3H3. The van der Waals surface area contributed by atoms with Gasteiger partial charge in [0.2, 0.25) is 10.0 Å². The number of hydrogen-bond acceptors (Lipinski definition) is 4. The highest BCUT2D eigenvalue weighted by Gasteiger charge is 2.28. The Kier molecular flexibility index (Phi) is 3.77. The van der Waals surface area contributed by atoms with Gasteiger partial charge in [-0.1, -0.05) is 0 Å². The van der Waals surface area contributed by atoms with Crippen molar-refractivity contribution >= 4 is 21.7 Å². The third-order valence-electron chi connectivity index (χ3n) is 2.89. The van der Waals surface area contributed by atoms with E-state index in [1.807, 2.05) is 0 Å². The largest absolute Gasteiger partial charge is 0.456 e. The molecule has 1 aliphatic heterocycles. The molecule has 1 aromatic rings. The van der Waals surface area contributed by atoms with E-state index in [0.717, 1.165) is 0 Å². The molecule has 0 aliphatic carbocycles. The maximum absolute atomic E-state index is 11.9. The summed E-state index contributed by atoms with van der Waals surface area (Å²) in [6.45, 7) is 5.90. The van der Waals surface area contributed by atoms with Crippen molar-refractivity contribution in [2.45, 2.75) is 32.8 Å². The number of hydrogen-bond donors (Lipinski definition) is 0. The molecule has 0 saturated carbocycles. The average Bonchev–Trinajstić information content (AvgIpc) is 2.67. The van der Waals surface area contributed by atoms with Gasteiger partial charge in [0.15, 0.2) is 0 Å². The van der Waals surface area contributed by atoms with Gasteiger partial charge in [0.1, 0.15) is 5.60 Å². The predicted molar refractivity (Wildman–Crippen MR) is 77.4 cm³/mol. The number of esters is 1. The summed E-state index contributed by atoms with van der Waals surface area (Å²) in [5.41, 5.74) is 0.462. The Hall–Kier alpha value is -1.56. The first-order valence-corrected chi connectivity index (χ1v) is 8.14. The summed E-state index contributed by atoms with van der Waals surface area (Å²) in [6.07, 6.45) is 0.635. The molecule has 1 aliphatic rings. The van der Waals surface area contributed by atoms with Gasteiger partial charge in [-0.3, -0.25) is 4.31 Å². The fraction of sp³-hybridized carbons (Fsp3) is 0.500. The van der Waals surface area contributed by atoms with Crippen molar-refractivity contribution in [3.05, 3.63) is 29.8 Å². The Morgan fingerprint density at radius 1 is 1.20 bits per heavy atom. The molecular formula is C14H19NO4S. The highest BCUT2D eigenvalue weighted by atomic mass is 32.2. The summed E-state index contributed by atoms with van der Waals surface area (Å²) in [6, 6.07) is 6.47. The van der Waals surface area contributed by atoms with Crippen molar-refractivity contribution in [1.82, 2.24) is 0 Å². The van der Waals surface area contributed by atoms with E-state index < -0.39 is 21.6 Å². The van der Waals surface area contributed by atoms with Crippen LogP contribution in [0.25, 0.3) is 0 Å². The van der Waals surface area contributed by atoms with Crippen molar-refractivity contribution in [1.29, 1.82) is 0 Å². The number of carbonyl (C=O) groups excluding carboxylic acids is 1. The molecule has 110 valence electrons. The van der Waals surface area contributed by atoms with Crippen molar-refractivity contribution in [2.24, 2.45) is 0 Å². The van der Waals surface area contributed by atoms with Crippen LogP contribution in [0.5, 0.6) is 0 Å². The van der Waals surface area contributed by atoms with Gasteiger partial charge in [-0.15, -0.1) is 0 Å². The van der Waals surface area contributed by atoms with Crippen LogP contribution in [0.15, 0.2) is 24.3 Å². The molecule has 5 nitrogen and oxygen atoms in total. The number of ether oxygens (including phenoxy) is 1. The van der Waals surface area contributed by atoms with Crippen LogP contribution in [0, 0.1) is 0 Å². The Morgan fingerprint density at radius 2 is 1.80 bits per heavy atom. The first-order valence-electron chi connectivity index (χ1n) is 6.53. The van der Waals surface area contributed by atoms with E-state index in [4.69, 9.17) is 4.74 Å². The van der Waals surface area contributed by atoms with Crippen LogP contribution < -0.4 is 4.31 Å². The van der Waals surface area contributed by atoms with Crippen LogP contribution >= 0.6 is 0 Å². The molecule has 1 fully saturated rings. The van der Waals surface area contributed by atoms with Gasteiger partial charge < -0.3 is 4.74 Å². The molecule has 20 heavy (non-hydrogen) atoms. The van der Waals surface area contributed by atoms with Gasteiger partial charge in [-0.05, 0) is 51.5 Å². The first kappa shape index (κ1) is 14.8. The van der Waals surface area contributed by atoms with Crippen molar-refractivity contribution < 1.29 is 17.9 Å². The van der Waals surface area contributed by atoms with Crippen LogP contribution in [0.1, 0.15) is 37.6 Å². The lowest BCUT2D eigenvalue weighted by Crippen LogP contribution is -2.25. The highest BCUT2D eigenvalue weighted by molar-refractivity contribution is 7.93. The number of benzene rings is 1. The SMILES string of the molecule is CC(C)(C)OC(=O)c1ccc(N2CCCS2(=O)=O)cc1. The summed E-state index contributed by atoms with van der Waals surface area (Å²) in [5.74, 6) is -0.228. The normalized spacial score (nSPS) is 18.1. The average molecular weight is 297 g/mol. The predicted octanol–water partition coefficient (Wildman–Crippen LogP) is 2.18. The van der Waals surface area contributed by atoms with Gasteiger partial charge >= 0.3 is 5.97 Å². The monoisotopic (exact) mass is 297 g/mol. The Morgan fingerprint density at radius 3 is 2.25 bits per heavy atom. The van der Waals surface area contributed by atoms with E-state index >= 15 is 0 Å².